The number of pyridine rings is 1. The molecule has 0 fully saturated rings. The van der Waals surface area contributed by atoms with Gasteiger partial charge in [0.25, 0.3) is 11.5 Å². The fourth-order valence-electron chi connectivity index (χ4n) is 3.29. The van der Waals surface area contributed by atoms with E-state index in [0.29, 0.717) is 16.1 Å². The van der Waals surface area contributed by atoms with Gasteiger partial charge in [0.2, 0.25) is 0 Å². The molecule has 0 saturated carbocycles. The number of hydrogen-bond donors (Lipinski definition) is 1. The first-order valence-electron chi connectivity index (χ1n) is 9.13. The van der Waals surface area contributed by atoms with Gasteiger partial charge in [0, 0.05) is 27.7 Å². The normalized spacial score (nSPS) is 11.5. The number of fused-ring (bicyclic) bond motifs is 1. The highest BCUT2D eigenvalue weighted by Crippen LogP contribution is 2.35. The number of carbonyl (C=O) groups excluding carboxylic acids is 1. The van der Waals surface area contributed by atoms with Crippen LogP contribution >= 0.6 is 11.6 Å². The number of benzene rings is 3. The van der Waals surface area contributed by atoms with E-state index in [2.05, 4.69) is 5.32 Å². The number of aromatic nitrogens is 1. The van der Waals surface area contributed by atoms with E-state index >= 15 is 0 Å². The van der Waals surface area contributed by atoms with Gasteiger partial charge in [0.05, 0.1) is 16.8 Å². The van der Waals surface area contributed by atoms with E-state index in [4.69, 9.17) is 11.6 Å². The molecule has 1 N–H and O–H groups in total. The standard InChI is InChI=1S/C23H14ClF3N2O2/c24-14-9-11-15(12-10-14)29-13-18(16-5-1-2-6-17(16)22(29)31)21(30)28-20-8-4-3-7-19(20)23(25,26)27/h1-13H,(H,28,30). The van der Waals surface area contributed by atoms with E-state index in [1.54, 1.807) is 48.5 Å². The Morgan fingerprint density at radius 1 is 0.871 bits per heavy atom. The summed E-state index contributed by atoms with van der Waals surface area (Å²) in [5, 5.41) is 3.40. The zero-order chi connectivity index (χ0) is 22.2. The molecule has 0 saturated heterocycles. The molecule has 0 radical (unpaired) electrons. The van der Waals surface area contributed by atoms with Crippen molar-refractivity contribution in [1.29, 1.82) is 0 Å². The van der Waals surface area contributed by atoms with Gasteiger partial charge in [-0.1, -0.05) is 41.9 Å². The summed E-state index contributed by atoms with van der Waals surface area (Å²) < 4.78 is 41.2. The van der Waals surface area contributed by atoms with Gasteiger partial charge in [-0.2, -0.15) is 13.2 Å². The predicted molar refractivity (Wildman–Crippen MR) is 114 cm³/mol. The van der Waals surface area contributed by atoms with Crippen molar-refractivity contribution >= 4 is 34.0 Å². The van der Waals surface area contributed by atoms with Crippen molar-refractivity contribution in [3.63, 3.8) is 0 Å². The smallest absolute Gasteiger partial charge is 0.321 e. The van der Waals surface area contributed by atoms with Crippen molar-refractivity contribution in [1.82, 2.24) is 4.57 Å². The van der Waals surface area contributed by atoms with Gasteiger partial charge in [0.1, 0.15) is 0 Å². The van der Waals surface area contributed by atoms with Crippen LogP contribution in [0.15, 0.2) is 83.8 Å². The Morgan fingerprint density at radius 3 is 2.16 bits per heavy atom. The van der Waals surface area contributed by atoms with Gasteiger partial charge in [-0.05, 0) is 42.5 Å². The van der Waals surface area contributed by atoms with Crippen LogP contribution < -0.4 is 10.9 Å². The van der Waals surface area contributed by atoms with E-state index in [1.807, 2.05) is 0 Å². The highest BCUT2D eigenvalue weighted by Gasteiger charge is 2.33. The van der Waals surface area contributed by atoms with E-state index < -0.39 is 17.6 Å². The molecule has 0 aliphatic carbocycles. The Balaban J connectivity index is 1.86. The molecule has 0 aliphatic heterocycles. The molecule has 0 spiro atoms. The van der Waals surface area contributed by atoms with Crippen LogP contribution in [-0.4, -0.2) is 10.5 Å². The van der Waals surface area contributed by atoms with Crippen LogP contribution in [0.1, 0.15) is 15.9 Å². The highest BCUT2D eigenvalue weighted by molar-refractivity contribution is 6.30. The first-order valence-corrected chi connectivity index (χ1v) is 9.51. The summed E-state index contributed by atoms with van der Waals surface area (Å²) in [4.78, 5) is 26.0. The Bertz CT molecular complexity index is 1350. The van der Waals surface area contributed by atoms with E-state index in [0.717, 1.165) is 6.07 Å². The molecule has 0 unspecified atom stereocenters. The minimum Gasteiger partial charge on any atom is -0.321 e. The first-order chi connectivity index (χ1) is 14.8. The first kappa shape index (κ1) is 20.7. The molecule has 3 aromatic carbocycles. The molecule has 4 aromatic rings. The Labute approximate surface area is 179 Å². The third kappa shape index (κ3) is 4.04. The number of alkyl halides is 3. The van der Waals surface area contributed by atoms with Crippen molar-refractivity contribution in [2.45, 2.75) is 6.18 Å². The lowest BCUT2D eigenvalue weighted by atomic mass is 10.1. The van der Waals surface area contributed by atoms with Gasteiger partial charge in [-0.15, -0.1) is 0 Å². The number of halogens is 4. The molecular formula is C23H14ClF3N2O2. The maximum atomic E-state index is 13.3. The molecule has 1 heterocycles. The number of nitrogens with zero attached hydrogens (tertiary/aromatic N) is 1. The summed E-state index contributed by atoms with van der Waals surface area (Å²) in [6.07, 6.45) is -3.31. The maximum Gasteiger partial charge on any atom is 0.418 e. The van der Waals surface area contributed by atoms with E-state index in [9.17, 15) is 22.8 Å². The number of anilines is 1. The van der Waals surface area contributed by atoms with Gasteiger partial charge < -0.3 is 5.32 Å². The minimum atomic E-state index is -4.63. The zero-order valence-electron chi connectivity index (χ0n) is 15.8. The summed E-state index contributed by atoms with van der Waals surface area (Å²) >= 11 is 5.91. The second-order valence-corrected chi connectivity index (χ2v) is 7.17. The number of para-hydroxylation sites is 1. The molecule has 0 atom stereocenters. The second kappa shape index (κ2) is 7.92. The molecule has 4 rings (SSSR count). The van der Waals surface area contributed by atoms with Crippen LogP contribution in [0.2, 0.25) is 5.02 Å². The van der Waals surface area contributed by atoms with Gasteiger partial charge in [-0.25, -0.2) is 0 Å². The molecule has 1 amide bonds. The number of carbonyl (C=O) groups is 1. The van der Waals surface area contributed by atoms with Gasteiger partial charge in [0.15, 0.2) is 0 Å². The van der Waals surface area contributed by atoms with E-state index in [1.165, 1.54) is 29.0 Å². The van der Waals surface area contributed by atoms with Crippen LogP contribution in [0, 0.1) is 0 Å². The van der Waals surface area contributed by atoms with Crippen molar-refractivity contribution < 1.29 is 18.0 Å². The van der Waals surface area contributed by atoms with Crippen molar-refractivity contribution in [2.75, 3.05) is 5.32 Å². The monoisotopic (exact) mass is 442 g/mol. The number of nitrogens with one attached hydrogen (secondary N) is 1. The Morgan fingerprint density at radius 2 is 1.48 bits per heavy atom. The number of rotatable bonds is 3. The summed E-state index contributed by atoms with van der Waals surface area (Å²) in [6.45, 7) is 0. The summed E-state index contributed by atoms with van der Waals surface area (Å²) in [6, 6.07) is 17.6. The topological polar surface area (TPSA) is 51.1 Å². The molecule has 4 nitrogen and oxygen atoms in total. The molecule has 156 valence electrons. The minimum absolute atomic E-state index is 0.0575. The fourth-order valence-corrected chi connectivity index (χ4v) is 3.42. The van der Waals surface area contributed by atoms with Crippen LogP contribution in [0.25, 0.3) is 16.5 Å². The Kier molecular flexibility index (Phi) is 5.29. The summed E-state index contributed by atoms with van der Waals surface area (Å²) in [5.74, 6) is -0.768. The highest BCUT2D eigenvalue weighted by atomic mass is 35.5. The molecule has 0 aliphatic rings. The molecule has 1 aromatic heterocycles. The molecular weight excluding hydrogens is 429 g/mol. The number of hydrogen-bond acceptors (Lipinski definition) is 2. The predicted octanol–water partition coefficient (Wildman–Crippen LogP) is 5.92. The van der Waals surface area contributed by atoms with Crippen molar-refractivity contribution in [2.24, 2.45) is 0 Å². The SMILES string of the molecule is O=C(Nc1ccccc1C(F)(F)F)c1cn(-c2ccc(Cl)cc2)c(=O)c2ccccc12. The maximum absolute atomic E-state index is 13.3. The van der Waals surface area contributed by atoms with Gasteiger partial charge in [-0.3, -0.25) is 14.2 Å². The largest absolute Gasteiger partial charge is 0.418 e. The molecule has 0 bridgehead atoms. The van der Waals surface area contributed by atoms with Crippen LogP contribution in [0.5, 0.6) is 0 Å². The lowest BCUT2D eigenvalue weighted by molar-refractivity contribution is -0.136. The average molecular weight is 443 g/mol. The quantitative estimate of drug-likeness (QED) is 0.428. The summed E-state index contributed by atoms with van der Waals surface area (Å²) in [5.41, 5.74) is -1.18. The fraction of sp³-hybridized carbons (Fsp3) is 0.0435. The molecule has 31 heavy (non-hydrogen) atoms. The van der Waals surface area contributed by atoms with Crippen molar-refractivity contribution in [3.8, 4) is 5.69 Å². The van der Waals surface area contributed by atoms with Crippen molar-refractivity contribution in [3.05, 3.63) is 105 Å². The average Bonchev–Trinajstić information content (AvgIpc) is 2.74. The van der Waals surface area contributed by atoms with Crippen LogP contribution in [0.3, 0.4) is 0 Å². The van der Waals surface area contributed by atoms with Crippen LogP contribution in [0.4, 0.5) is 18.9 Å². The third-order valence-electron chi connectivity index (χ3n) is 4.75. The Hall–Kier alpha value is -3.58. The van der Waals surface area contributed by atoms with Gasteiger partial charge >= 0.3 is 6.18 Å². The van der Waals surface area contributed by atoms with E-state index in [-0.39, 0.29) is 22.2 Å². The zero-order valence-corrected chi connectivity index (χ0v) is 16.5. The molecule has 8 heteroatoms. The summed E-state index contributed by atoms with van der Waals surface area (Å²) in [7, 11) is 0. The lowest BCUT2D eigenvalue weighted by Gasteiger charge is -2.15. The van der Waals surface area contributed by atoms with Crippen LogP contribution in [-0.2, 0) is 6.18 Å². The third-order valence-corrected chi connectivity index (χ3v) is 5.01. The lowest BCUT2D eigenvalue weighted by Crippen LogP contribution is -2.23. The number of amides is 1. The second-order valence-electron chi connectivity index (χ2n) is 6.74.